The van der Waals surface area contributed by atoms with Gasteiger partial charge < -0.3 is 15.2 Å². The molecule has 0 aliphatic heterocycles. The SMILES string of the molecule is COC(=O)[C@@H](N)[C@@H](C)Oc1ccccc1Cl. The minimum absolute atomic E-state index is 0.478. The monoisotopic (exact) mass is 243 g/mol. The summed E-state index contributed by atoms with van der Waals surface area (Å²) >= 11 is 5.90. The highest BCUT2D eigenvalue weighted by Gasteiger charge is 2.23. The Bertz CT molecular complexity index is 370. The van der Waals surface area contributed by atoms with E-state index in [4.69, 9.17) is 22.1 Å². The predicted molar refractivity (Wildman–Crippen MR) is 61.5 cm³/mol. The first-order valence-corrected chi connectivity index (χ1v) is 5.18. The molecular weight excluding hydrogens is 230 g/mol. The summed E-state index contributed by atoms with van der Waals surface area (Å²) in [5, 5.41) is 0.478. The Morgan fingerprint density at radius 3 is 2.62 bits per heavy atom. The van der Waals surface area contributed by atoms with Gasteiger partial charge in [0.1, 0.15) is 17.9 Å². The van der Waals surface area contributed by atoms with E-state index in [2.05, 4.69) is 4.74 Å². The number of methoxy groups -OCH3 is 1. The van der Waals surface area contributed by atoms with Crippen molar-refractivity contribution in [2.24, 2.45) is 5.73 Å². The molecule has 0 unspecified atom stereocenters. The van der Waals surface area contributed by atoms with Crippen molar-refractivity contribution >= 4 is 17.6 Å². The number of esters is 1. The Labute approximate surface area is 99.3 Å². The van der Waals surface area contributed by atoms with Gasteiger partial charge >= 0.3 is 5.97 Å². The zero-order chi connectivity index (χ0) is 12.1. The van der Waals surface area contributed by atoms with E-state index in [0.717, 1.165) is 0 Å². The molecule has 0 spiro atoms. The van der Waals surface area contributed by atoms with Crippen molar-refractivity contribution < 1.29 is 14.3 Å². The lowest BCUT2D eigenvalue weighted by molar-refractivity contribution is -0.144. The molecule has 0 bridgehead atoms. The maximum atomic E-state index is 11.2. The summed E-state index contributed by atoms with van der Waals surface area (Å²) in [7, 11) is 1.28. The summed E-state index contributed by atoms with van der Waals surface area (Å²) < 4.78 is 10.00. The summed E-state index contributed by atoms with van der Waals surface area (Å²) in [6.45, 7) is 1.69. The van der Waals surface area contributed by atoms with Crippen molar-refractivity contribution in [2.45, 2.75) is 19.1 Å². The van der Waals surface area contributed by atoms with Crippen molar-refractivity contribution in [3.8, 4) is 5.75 Å². The van der Waals surface area contributed by atoms with Crippen LogP contribution in [0.4, 0.5) is 0 Å². The van der Waals surface area contributed by atoms with Crippen LogP contribution in [0.15, 0.2) is 24.3 Å². The maximum Gasteiger partial charge on any atom is 0.326 e. The van der Waals surface area contributed by atoms with E-state index in [-0.39, 0.29) is 0 Å². The third-order valence-corrected chi connectivity index (χ3v) is 2.44. The molecule has 0 amide bonds. The number of carbonyl (C=O) groups excluding carboxylic acids is 1. The van der Waals surface area contributed by atoms with Crippen LogP contribution >= 0.6 is 11.6 Å². The fraction of sp³-hybridized carbons (Fsp3) is 0.364. The van der Waals surface area contributed by atoms with Crippen molar-refractivity contribution in [1.29, 1.82) is 0 Å². The lowest BCUT2D eigenvalue weighted by Crippen LogP contribution is -2.44. The van der Waals surface area contributed by atoms with Gasteiger partial charge in [-0.3, -0.25) is 4.79 Å². The number of ether oxygens (including phenoxy) is 2. The van der Waals surface area contributed by atoms with E-state index < -0.39 is 18.1 Å². The minimum atomic E-state index is -0.832. The van der Waals surface area contributed by atoms with Gasteiger partial charge in [0, 0.05) is 0 Å². The number of para-hydroxylation sites is 1. The van der Waals surface area contributed by atoms with E-state index in [1.807, 2.05) is 0 Å². The van der Waals surface area contributed by atoms with Crippen LogP contribution in [0.3, 0.4) is 0 Å². The van der Waals surface area contributed by atoms with Gasteiger partial charge in [-0.05, 0) is 19.1 Å². The average Bonchev–Trinajstić information content (AvgIpc) is 2.30. The minimum Gasteiger partial charge on any atom is -0.487 e. The van der Waals surface area contributed by atoms with E-state index in [1.54, 1.807) is 31.2 Å². The second-order valence-corrected chi connectivity index (χ2v) is 3.71. The molecule has 2 atom stereocenters. The lowest BCUT2D eigenvalue weighted by atomic mass is 10.2. The highest BCUT2D eigenvalue weighted by molar-refractivity contribution is 6.32. The Morgan fingerprint density at radius 2 is 2.06 bits per heavy atom. The molecule has 0 saturated heterocycles. The normalized spacial score (nSPS) is 14.0. The number of benzene rings is 1. The summed E-state index contributed by atoms with van der Waals surface area (Å²) in [6, 6.07) is 6.16. The van der Waals surface area contributed by atoms with Gasteiger partial charge in [0.25, 0.3) is 0 Å². The molecule has 0 fully saturated rings. The number of halogens is 1. The van der Waals surface area contributed by atoms with Crippen LogP contribution in [0.5, 0.6) is 5.75 Å². The van der Waals surface area contributed by atoms with E-state index in [9.17, 15) is 4.79 Å². The van der Waals surface area contributed by atoms with Gasteiger partial charge in [0.05, 0.1) is 12.1 Å². The molecule has 1 aromatic rings. The number of rotatable bonds is 4. The Kier molecular flexibility index (Phi) is 4.58. The van der Waals surface area contributed by atoms with Gasteiger partial charge in [-0.15, -0.1) is 0 Å². The molecule has 0 saturated carbocycles. The van der Waals surface area contributed by atoms with Crippen LogP contribution in [0.25, 0.3) is 0 Å². The summed E-state index contributed by atoms with van der Waals surface area (Å²) in [4.78, 5) is 11.2. The van der Waals surface area contributed by atoms with E-state index >= 15 is 0 Å². The zero-order valence-corrected chi connectivity index (χ0v) is 9.90. The molecule has 16 heavy (non-hydrogen) atoms. The Balaban J connectivity index is 2.68. The van der Waals surface area contributed by atoms with Crippen LogP contribution in [-0.2, 0) is 9.53 Å². The molecule has 88 valence electrons. The highest BCUT2D eigenvalue weighted by atomic mass is 35.5. The van der Waals surface area contributed by atoms with Crippen molar-refractivity contribution in [1.82, 2.24) is 0 Å². The molecule has 0 aliphatic rings. The second kappa shape index (κ2) is 5.72. The Morgan fingerprint density at radius 1 is 1.44 bits per heavy atom. The predicted octanol–water partition coefficient (Wildman–Crippen LogP) is 1.61. The molecule has 4 nitrogen and oxygen atoms in total. The van der Waals surface area contributed by atoms with Crippen molar-refractivity contribution in [3.05, 3.63) is 29.3 Å². The first-order valence-electron chi connectivity index (χ1n) is 4.81. The number of hydrogen-bond acceptors (Lipinski definition) is 4. The summed E-state index contributed by atoms with van der Waals surface area (Å²) in [6.07, 6.45) is -0.507. The van der Waals surface area contributed by atoms with Crippen LogP contribution in [0, 0.1) is 0 Å². The molecule has 0 aliphatic carbocycles. The van der Waals surface area contributed by atoms with Gasteiger partial charge in [-0.25, -0.2) is 0 Å². The molecule has 1 aromatic carbocycles. The fourth-order valence-electron chi connectivity index (χ4n) is 1.14. The van der Waals surface area contributed by atoms with Crippen molar-refractivity contribution in [3.63, 3.8) is 0 Å². The van der Waals surface area contributed by atoms with Gasteiger partial charge in [-0.2, -0.15) is 0 Å². The van der Waals surface area contributed by atoms with Crippen LogP contribution in [0.1, 0.15) is 6.92 Å². The molecular formula is C11H14ClNO3. The first kappa shape index (κ1) is 12.8. The summed E-state index contributed by atoms with van der Waals surface area (Å²) in [5.41, 5.74) is 5.63. The molecule has 0 radical (unpaired) electrons. The smallest absolute Gasteiger partial charge is 0.326 e. The standard InChI is InChI=1S/C11H14ClNO3/c1-7(10(13)11(14)15-2)16-9-6-4-3-5-8(9)12/h3-7,10H,13H2,1-2H3/t7-,10+/m1/s1. The zero-order valence-electron chi connectivity index (χ0n) is 9.14. The molecule has 2 N–H and O–H groups in total. The van der Waals surface area contributed by atoms with Crippen LogP contribution < -0.4 is 10.5 Å². The Hall–Kier alpha value is -1.26. The van der Waals surface area contributed by atoms with Crippen LogP contribution in [0.2, 0.25) is 5.02 Å². The van der Waals surface area contributed by atoms with Crippen LogP contribution in [-0.4, -0.2) is 25.2 Å². The maximum absolute atomic E-state index is 11.2. The molecule has 0 heterocycles. The van der Waals surface area contributed by atoms with E-state index in [1.165, 1.54) is 7.11 Å². The van der Waals surface area contributed by atoms with Gasteiger partial charge in [0.15, 0.2) is 0 Å². The van der Waals surface area contributed by atoms with E-state index in [0.29, 0.717) is 10.8 Å². The molecule has 5 heteroatoms. The first-order chi connectivity index (χ1) is 7.56. The largest absolute Gasteiger partial charge is 0.487 e. The third kappa shape index (κ3) is 3.12. The number of nitrogens with two attached hydrogens (primary N) is 1. The number of hydrogen-bond donors (Lipinski definition) is 1. The van der Waals surface area contributed by atoms with Gasteiger partial charge in [-0.1, -0.05) is 23.7 Å². The van der Waals surface area contributed by atoms with Crippen molar-refractivity contribution in [2.75, 3.05) is 7.11 Å². The topological polar surface area (TPSA) is 61.5 Å². The van der Waals surface area contributed by atoms with Gasteiger partial charge in [0.2, 0.25) is 0 Å². The third-order valence-electron chi connectivity index (χ3n) is 2.13. The fourth-order valence-corrected chi connectivity index (χ4v) is 1.32. The average molecular weight is 244 g/mol. The second-order valence-electron chi connectivity index (χ2n) is 3.30. The highest BCUT2D eigenvalue weighted by Crippen LogP contribution is 2.24. The quantitative estimate of drug-likeness (QED) is 0.817. The molecule has 1 rings (SSSR count). The summed E-state index contributed by atoms with van der Waals surface area (Å²) in [5.74, 6) is -0.0180. The molecule has 0 aromatic heterocycles. The lowest BCUT2D eigenvalue weighted by Gasteiger charge is -2.19. The number of carbonyl (C=O) groups is 1.